The molecule has 0 aromatic heterocycles. The number of benzene rings is 1. The molecule has 0 heterocycles. The number of amidine groups is 1. The van der Waals surface area contributed by atoms with E-state index in [9.17, 15) is 8.42 Å². The molecule has 0 saturated carbocycles. The molecule has 0 saturated heterocycles. The van der Waals surface area contributed by atoms with Crippen molar-refractivity contribution in [2.45, 2.75) is 13.8 Å². The van der Waals surface area contributed by atoms with Crippen molar-refractivity contribution in [3.8, 4) is 0 Å². The molecule has 1 aromatic carbocycles. The average molecular weight is 286 g/mol. The Hall–Kier alpha value is -1.80. The van der Waals surface area contributed by atoms with E-state index < -0.39 is 10.2 Å². The van der Waals surface area contributed by atoms with Crippen molar-refractivity contribution in [1.82, 2.24) is 4.72 Å². The first-order valence-electron chi connectivity index (χ1n) is 5.69. The van der Waals surface area contributed by atoms with Crippen LogP contribution in [0.1, 0.15) is 19.4 Å². The number of hydrogen-bond donors (Lipinski definition) is 4. The van der Waals surface area contributed by atoms with Gasteiger partial charge in [-0.1, -0.05) is 31.1 Å². The predicted octanol–water partition coefficient (Wildman–Crippen LogP) is 0.683. The number of hydrogen-bond acceptors (Lipinski definition) is 4. The van der Waals surface area contributed by atoms with Crippen molar-refractivity contribution in [3.05, 3.63) is 29.8 Å². The third-order valence-electron chi connectivity index (χ3n) is 2.20. The van der Waals surface area contributed by atoms with E-state index in [1.165, 1.54) is 6.07 Å². The summed E-state index contributed by atoms with van der Waals surface area (Å²) in [6.07, 6.45) is 0. The molecule has 1 rings (SSSR count). The molecular weight excluding hydrogens is 268 g/mol. The monoisotopic (exact) mass is 286 g/mol. The molecule has 0 amide bonds. The number of oxime groups is 1. The number of nitrogens with two attached hydrogens (primary N) is 1. The first-order chi connectivity index (χ1) is 8.84. The van der Waals surface area contributed by atoms with Gasteiger partial charge in [0.1, 0.15) is 0 Å². The van der Waals surface area contributed by atoms with E-state index in [-0.39, 0.29) is 11.8 Å². The van der Waals surface area contributed by atoms with Crippen LogP contribution in [0.25, 0.3) is 0 Å². The second-order valence-corrected chi connectivity index (χ2v) is 5.91. The van der Waals surface area contributed by atoms with Gasteiger partial charge in [-0.3, -0.25) is 4.72 Å². The summed E-state index contributed by atoms with van der Waals surface area (Å²) >= 11 is 0. The Morgan fingerprint density at radius 3 is 2.74 bits per heavy atom. The molecule has 0 spiro atoms. The predicted molar refractivity (Wildman–Crippen MR) is 74.3 cm³/mol. The lowest BCUT2D eigenvalue weighted by Gasteiger charge is -2.11. The molecule has 0 bridgehead atoms. The van der Waals surface area contributed by atoms with Gasteiger partial charge in [0.2, 0.25) is 0 Å². The molecule has 0 fully saturated rings. The molecule has 7 nitrogen and oxygen atoms in total. The largest absolute Gasteiger partial charge is 0.409 e. The van der Waals surface area contributed by atoms with Gasteiger partial charge < -0.3 is 10.9 Å². The van der Waals surface area contributed by atoms with Crippen LogP contribution in [-0.2, 0) is 10.2 Å². The molecule has 0 aliphatic rings. The summed E-state index contributed by atoms with van der Waals surface area (Å²) in [5.74, 6) is 0.122. The minimum absolute atomic E-state index is 0.0869. The fraction of sp³-hybridized carbons (Fsp3) is 0.364. The van der Waals surface area contributed by atoms with Crippen molar-refractivity contribution in [1.29, 1.82) is 0 Å². The van der Waals surface area contributed by atoms with Gasteiger partial charge in [0, 0.05) is 12.1 Å². The normalized spacial score (nSPS) is 12.7. The first-order valence-corrected chi connectivity index (χ1v) is 7.17. The van der Waals surface area contributed by atoms with Crippen LogP contribution in [0, 0.1) is 5.92 Å². The molecule has 0 atom stereocenters. The number of anilines is 1. The third-order valence-corrected chi connectivity index (χ3v) is 3.25. The van der Waals surface area contributed by atoms with Crippen molar-refractivity contribution in [2.24, 2.45) is 16.8 Å². The molecule has 8 heteroatoms. The SMILES string of the molecule is CC(C)CNS(=O)(=O)Nc1cccc(/C(N)=N/O)c1. The Labute approximate surface area is 112 Å². The van der Waals surface area contributed by atoms with E-state index in [4.69, 9.17) is 10.9 Å². The smallest absolute Gasteiger partial charge is 0.299 e. The summed E-state index contributed by atoms with van der Waals surface area (Å²) in [6, 6.07) is 6.26. The summed E-state index contributed by atoms with van der Waals surface area (Å²) in [7, 11) is -3.62. The van der Waals surface area contributed by atoms with Crippen LogP contribution < -0.4 is 15.2 Å². The zero-order chi connectivity index (χ0) is 14.5. The van der Waals surface area contributed by atoms with Crippen LogP contribution in [0.3, 0.4) is 0 Å². The highest BCUT2D eigenvalue weighted by Gasteiger charge is 2.10. The quantitative estimate of drug-likeness (QED) is 0.266. The van der Waals surface area contributed by atoms with Gasteiger partial charge >= 0.3 is 0 Å². The average Bonchev–Trinajstić information content (AvgIpc) is 2.35. The van der Waals surface area contributed by atoms with Gasteiger partial charge in [0.05, 0.1) is 5.69 Å². The Morgan fingerprint density at radius 1 is 1.47 bits per heavy atom. The van der Waals surface area contributed by atoms with Gasteiger partial charge in [-0.15, -0.1) is 0 Å². The topological polar surface area (TPSA) is 117 Å². The lowest BCUT2D eigenvalue weighted by atomic mass is 10.2. The van der Waals surface area contributed by atoms with E-state index in [0.29, 0.717) is 17.8 Å². The minimum Gasteiger partial charge on any atom is -0.409 e. The molecule has 0 unspecified atom stereocenters. The summed E-state index contributed by atoms with van der Waals surface area (Å²) in [5, 5.41) is 11.4. The highest BCUT2D eigenvalue weighted by molar-refractivity contribution is 7.90. The number of rotatable bonds is 6. The van der Waals surface area contributed by atoms with E-state index >= 15 is 0 Å². The van der Waals surface area contributed by atoms with Crippen LogP contribution in [0.2, 0.25) is 0 Å². The molecule has 19 heavy (non-hydrogen) atoms. The maximum Gasteiger partial charge on any atom is 0.299 e. The van der Waals surface area contributed by atoms with Crippen molar-refractivity contribution < 1.29 is 13.6 Å². The molecule has 0 aliphatic heterocycles. The Kier molecular flexibility index (Phi) is 5.13. The maximum atomic E-state index is 11.7. The van der Waals surface area contributed by atoms with Gasteiger partial charge in [-0.25, -0.2) is 0 Å². The van der Waals surface area contributed by atoms with Crippen LogP contribution in [-0.4, -0.2) is 26.0 Å². The second-order valence-electron chi connectivity index (χ2n) is 4.41. The Balaban J connectivity index is 2.82. The third kappa shape index (κ3) is 5.14. The first kappa shape index (κ1) is 15.3. The Morgan fingerprint density at radius 2 is 2.16 bits per heavy atom. The van der Waals surface area contributed by atoms with Gasteiger partial charge in [-0.05, 0) is 18.1 Å². The van der Waals surface area contributed by atoms with Crippen molar-refractivity contribution >= 4 is 21.7 Å². The minimum atomic E-state index is -3.62. The van der Waals surface area contributed by atoms with Gasteiger partial charge in [0.15, 0.2) is 5.84 Å². The van der Waals surface area contributed by atoms with E-state index in [0.717, 1.165) is 0 Å². The molecule has 1 aromatic rings. The number of nitrogens with one attached hydrogen (secondary N) is 2. The molecule has 106 valence electrons. The summed E-state index contributed by atoms with van der Waals surface area (Å²) in [6.45, 7) is 4.15. The van der Waals surface area contributed by atoms with Crippen molar-refractivity contribution in [3.63, 3.8) is 0 Å². The van der Waals surface area contributed by atoms with Crippen molar-refractivity contribution in [2.75, 3.05) is 11.3 Å². The van der Waals surface area contributed by atoms with Crippen LogP contribution >= 0.6 is 0 Å². The highest BCUT2D eigenvalue weighted by Crippen LogP contribution is 2.11. The lowest BCUT2D eigenvalue weighted by molar-refractivity contribution is 0.318. The van der Waals surface area contributed by atoms with E-state index in [1.807, 2.05) is 13.8 Å². The molecular formula is C11H18N4O3S. The molecule has 0 radical (unpaired) electrons. The maximum absolute atomic E-state index is 11.7. The van der Waals surface area contributed by atoms with Crippen LogP contribution in [0.5, 0.6) is 0 Å². The second kappa shape index (κ2) is 6.39. The van der Waals surface area contributed by atoms with Crippen LogP contribution in [0.15, 0.2) is 29.4 Å². The van der Waals surface area contributed by atoms with Gasteiger partial charge in [0.25, 0.3) is 10.2 Å². The summed E-state index contributed by atoms with van der Waals surface area (Å²) in [5.41, 5.74) is 6.19. The fourth-order valence-electron chi connectivity index (χ4n) is 1.27. The number of nitrogens with zero attached hydrogens (tertiary/aromatic N) is 1. The lowest BCUT2D eigenvalue weighted by Crippen LogP contribution is -2.32. The highest BCUT2D eigenvalue weighted by atomic mass is 32.2. The van der Waals surface area contributed by atoms with E-state index in [1.54, 1.807) is 18.2 Å². The van der Waals surface area contributed by atoms with Crippen LogP contribution in [0.4, 0.5) is 5.69 Å². The Bertz CT molecular complexity index is 555. The zero-order valence-electron chi connectivity index (χ0n) is 10.8. The van der Waals surface area contributed by atoms with E-state index in [2.05, 4.69) is 14.6 Å². The zero-order valence-corrected chi connectivity index (χ0v) is 11.6. The summed E-state index contributed by atoms with van der Waals surface area (Å²) < 4.78 is 28.2. The fourth-order valence-corrected chi connectivity index (χ4v) is 2.33. The summed E-state index contributed by atoms with van der Waals surface area (Å²) in [4.78, 5) is 0. The van der Waals surface area contributed by atoms with Gasteiger partial charge in [-0.2, -0.15) is 13.1 Å². The standard InChI is InChI=1S/C11H18N4O3S/c1-8(2)7-13-19(17,18)15-10-5-3-4-9(6-10)11(12)14-16/h3-6,8,13,15-16H,7H2,1-2H3,(H2,12,14). The molecule has 5 N–H and O–H groups in total. The molecule has 0 aliphatic carbocycles.